The van der Waals surface area contributed by atoms with E-state index in [2.05, 4.69) is 16.8 Å². The van der Waals surface area contributed by atoms with Crippen molar-refractivity contribution < 1.29 is 0 Å². The molecule has 2 N–H and O–H groups in total. The van der Waals surface area contributed by atoms with E-state index in [1.807, 2.05) is 0 Å². The third kappa shape index (κ3) is 3.79. The van der Waals surface area contributed by atoms with Crippen LogP contribution in [0.2, 0.25) is 0 Å². The zero-order chi connectivity index (χ0) is 10.7. The normalized spacial score (nSPS) is 29.8. The first-order valence-electron chi connectivity index (χ1n) is 6.39. The van der Waals surface area contributed by atoms with E-state index >= 15 is 0 Å². The monoisotopic (exact) mass is 337 g/mol. The van der Waals surface area contributed by atoms with Crippen molar-refractivity contribution in [1.29, 1.82) is 0 Å². The average Bonchev–Trinajstić information content (AvgIpc) is 2.98. The molecule has 2 unspecified atom stereocenters. The molecule has 16 heavy (non-hydrogen) atoms. The quantitative estimate of drug-likeness (QED) is 0.489. The molecule has 3 nitrogen and oxygen atoms in total. The number of nitrogens with two attached hydrogens (primary N) is 1. The van der Waals surface area contributed by atoms with E-state index in [-0.39, 0.29) is 24.0 Å². The smallest absolute Gasteiger partial charge is 0.191 e. The largest absolute Gasteiger partial charge is 0.370 e. The van der Waals surface area contributed by atoms with Crippen LogP contribution in [-0.2, 0) is 0 Å². The summed E-state index contributed by atoms with van der Waals surface area (Å²) in [4.78, 5) is 6.89. The molecule has 1 saturated heterocycles. The van der Waals surface area contributed by atoms with E-state index in [0.29, 0.717) is 6.04 Å². The Labute approximate surface area is 116 Å². The molecule has 4 heteroatoms. The van der Waals surface area contributed by atoms with Gasteiger partial charge in [0, 0.05) is 13.1 Å². The molecule has 0 aromatic carbocycles. The predicted octanol–water partition coefficient (Wildman–Crippen LogP) is 2.59. The first-order chi connectivity index (χ1) is 7.31. The van der Waals surface area contributed by atoms with Gasteiger partial charge in [0.25, 0.3) is 0 Å². The minimum absolute atomic E-state index is 0. The third-order valence-corrected chi connectivity index (χ3v) is 3.52. The van der Waals surface area contributed by atoms with Crippen molar-refractivity contribution in [3.05, 3.63) is 0 Å². The van der Waals surface area contributed by atoms with Crippen molar-refractivity contribution in [3.8, 4) is 0 Å². The van der Waals surface area contributed by atoms with E-state index in [9.17, 15) is 0 Å². The highest BCUT2D eigenvalue weighted by Gasteiger charge is 2.36. The molecule has 2 aliphatic rings. The zero-order valence-electron chi connectivity index (χ0n) is 10.2. The van der Waals surface area contributed by atoms with Crippen LogP contribution < -0.4 is 5.73 Å². The van der Waals surface area contributed by atoms with E-state index in [4.69, 9.17) is 5.73 Å². The van der Waals surface area contributed by atoms with E-state index in [1.54, 1.807) is 0 Å². The molecule has 1 aliphatic heterocycles. The lowest BCUT2D eigenvalue weighted by Gasteiger charge is -2.27. The van der Waals surface area contributed by atoms with Gasteiger partial charge in [-0.05, 0) is 38.0 Å². The van der Waals surface area contributed by atoms with Crippen LogP contribution in [0.3, 0.4) is 0 Å². The Balaban J connectivity index is 0.00000128. The number of piperidine rings is 1. The Morgan fingerprint density at radius 3 is 2.62 bits per heavy atom. The molecule has 1 aliphatic carbocycles. The lowest BCUT2D eigenvalue weighted by Crippen LogP contribution is -2.41. The molecule has 0 radical (unpaired) electrons. The number of hydrogen-bond donors (Lipinski definition) is 1. The van der Waals surface area contributed by atoms with Gasteiger partial charge in [-0.1, -0.05) is 13.3 Å². The molecule has 2 rings (SSSR count). The summed E-state index contributed by atoms with van der Waals surface area (Å²) in [7, 11) is 0. The van der Waals surface area contributed by atoms with E-state index in [1.165, 1.54) is 38.5 Å². The molecular formula is C12H24IN3. The molecule has 0 bridgehead atoms. The lowest BCUT2D eigenvalue weighted by atomic mass is 10.1. The molecule has 2 atom stereocenters. The van der Waals surface area contributed by atoms with E-state index in [0.717, 1.165) is 25.0 Å². The van der Waals surface area contributed by atoms with Gasteiger partial charge >= 0.3 is 0 Å². The minimum Gasteiger partial charge on any atom is -0.370 e. The Bertz CT molecular complexity index is 236. The van der Waals surface area contributed by atoms with Crippen molar-refractivity contribution in [1.82, 2.24) is 4.90 Å². The van der Waals surface area contributed by atoms with Crippen molar-refractivity contribution in [2.24, 2.45) is 16.6 Å². The highest BCUT2D eigenvalue weighted by Crippen LogP contribution is 2.37. The van der Waals surface area contributed by atoms with E-state index < -0.39 is 0 Å². The number of rotatable bonds is 3. The second kappa shape index (κ2) is 6.67. The summed E-state index contributed by atoms with van der Waals surface area (Å²) in [5, 5.41) is 0. The van der Waals surface area contributed by atoms with Gasteiger partial charge in [-0.2, -0.15) is 0 Å². The van der Waals surface area contributed by atoms with Crippen LogP contribution in [0, 0.1) is 5.92 Å². The predicted molar refractivity (Wildman–Crippen MR) is 79.3 cm³/mol. The Morgan fingerprint density at radius 2 is 2.00 bits per heavy atom. The molecule has 0 amide bonds. The Kier molecular flexibility index (Phi) is 5.86. The second-order valence-corrected chi connectivity index (χ2v) is 4.89. The summed E-state index contributed by atoms with van der Waals surface area (Å²) < 4.78 is 0. The van der Waals surface area contributed by atoms with Gasteiger partial charge in [-0.15, -0.1) is 24.0 Å². The van der Waals surface area contributed by atoms with Gasteiger partial charge in [0.15, 0.2) is 5.96 Å². The summed E-state index contributed by atoms with van der Waals surface area (Å²) in [5.41, 5.74) is 6.02. The number of halogens is 1. The van der Waals surface area contributed by atoms with Crippen molar-refractivity contribution in [2.45, 2.75) is 51.5 Å². The summed E-state index contributed by atoms with van der Waals surface area (Å²) in [6, 6.07) is 0.548. The van der Waals surface area contributed by atoms with Crippen molar-refractivity contribution in [3.63, 3.8) is 0 Å². The van der Waals surface area contributed by atoms with Crippen molar-refractivity contribution >= 4 is 29.9 Å². The summed E-state index contributed by atoms with van der Waals surface area (Å²) in [6.45, 7) is 4.47. The SMILES string of the molecule is CCCC1CC1N=C(N)N1CCCCC1.I. The number of aliphatic imine (C=N–C) groups is 1. The Hall–Kier alpha value is 0. The highest BCUT2D eigenvalue weighted by atomic mass is 127. The maximum absolute atomic E-state index is 6.02. The van der Waals surface area contributed by atoms with Crippen molar-refractivity contribution in [2.75, 3.05) is 13.1 Å². The molecule has 2 fully saturated rings. The summed E-state index contributed by atoms with van der Waals surface area (Å²) in [5.74, 6) is 1.64. The lowest BCUT2D eigenvalue weighted by molar-refractivity contribution is 0.337. The molecule has 0 aromatic rings. The minimum atomic E-state index is 0. The Morgan fingerprint density at radius 1 is 1.31 bits per heavy atom. The van der Waals surface area contributed by atoms with Gasteiger partial charge in [0.1, 0.15) is 0 Å². The molecule has 0 aromatic heterocycles. The topological polar surface area (TPSA) is 41.6 Å². The van der Waals surface area contributed by atoms with Gasteiger partial charge < -0.3 is 10.6 Å². The maximum Gasteiger partial charge on any atom is 0.191 e. The highest BCUT2D eigenvalue weighted by molar-refractivity contribution is 14.0. The fourth-order valence-electron chi connectivity index (χ4n) is 2.45. The second-order valence-electron chi connectivity index (χ2n) is 4.89. The first-order valence-corrected chi connectivity index (χ1v) is 6.39. The number of nitrogens with zero attached hydrogens (tertiary/aromatic N) is 2. The molecule has 94 valence electrons. The number of hydrogen-bond acceptors (Lipinski definition) is 1. The summed E-state index contributed by atoms with van der Waals surface area (Å²) >= 11 is 0. The fraction of sp³-hybridized carbons (Fsp3) is 0.917. The van der Waals surface area contributed by atoms with Crippen LogP contribution in [0.4, 0.5) is 0 Å². The first kappa shape index (κ1) is 14.1. The molecular weight excluding hydrogens is 313 g/mol. The van der Waals surface area contributed by atoms with Gasteiger partial charge in [-0.25, -0.2) is 4.99 Å². The third-order valence-electron chi connectivity index (χ3n) is 3.52. The molecule has 0 spiro atoms. The molecule has 1 heterocycles. The standard InChI is InChI=1S/C12H23N3.HI/c1-2-6-10-9-11(10)14-12(13)15-7-4-3-5-8-15;/h10-11H,2-9H2,1H3,(H2,13,14);1H. The maximum atomic E-state index is 6.02. The number of guanidine groups is 1. The van der Waals surface area contributed by atoms with Crippen LogP contribution in [0.25, 0.3) is 0 Å². The van der Waals surface area contributed by atoms with Gasteiger partial charge in [0.05, 0.1) is 6.04 Å². The fourth-order valence-corrected chi connectivity index (χ4v) is 2.45. The van der Waals surface area contributed by atoms with Crippen LogP contribution >= 0.6 is 24.0 Å². The molecule has 1 saturated carbocycles. The van der Waals surface area contributed by atoms with Gasteiger partial charge in [0.2, 0.25) is 0 Å². The van der Waals surface area contributed by atoms with Crippen LogP contribution in [-0.4, -0.2) is 30.0 Å². The summed E-state index contributed by atoms with van der Waals surface area (Å²) in [6.07, 6.45) is 7.77. The van der Waals surface area contributed by atoms with Crippen LogP contribution in [0.5, 0.6) is 0 Å². The number of likely N-dealkylation sites (tertiary alicyclic amines) is 1. The van der Waals surface area contributed by atoms with Crippen LogP contribution in [0.1, 0.15) is 45.4 Å². The van der Waals surface area contributed by atoms with Crippen LogP contribution in [0.15, 0.2) is 4.99 Å². The zero-order valence-corrected chi connectivity index (χ0v) is 12.5. The average molecular weight is 337 g/mol. The van der Waals surface area contributed by atoms with Gasteiger partial charge in [-0.3, -0.25) is 0 Å².